The van der Waals surface area contributed by atoms with Crippen LogP contribution in [0, 0.1) is 6.92 Å². The first-order valence-electron chi connectivity index (χ1n) is 6.66. The lowest BCUT2D eigenvalue weighted by Crippen LogP contribution is -2.40. The summed E-state index contributed by atoms with van der Waals surface area (Å²) in [4.78, 5) is 0. The van der Waals surface area contributed by atoms with Gasteiger partial charge in [-0.3, -0.25) is 0 Å². The Morgan fingerprint density at radius 2 is 2.21 bits per heavy atom. The molecule has 0 bridgehead atoms. The van der Waals surface area contributed by atoms with Gasteiger partial charge in [0.25, 0.3) is 0 Å². The zero-order valence-corrected chi connectivity index (χ0v) is 11.1. The Balaban J connectivity index is 1.70. The van der Waals surface area contributed by atoms with Gasteiger partial charge in [0.1, 0.15) is 16.9 Å². The summed E-state index contributed by atoms with van der Waals surface area (Å²) in [5.41, 5.74) is 1.37. The second-order valence-corrected chi connectivity index (χ2v) is 5.26. The van der Waals surface area contributed by atoms with Crippen molar-refractivity contribution in [3.05, 3.63) is 35.6 Å². The molecule has 1 saturated heterocycles. The Morgan fingerprint density at radius 1 is 1.37 bits per heavy atom. The molecule has 1 aromatic carbocycles. The molecule has 1 aliphatic heterocycles. The van der Waals surface area contributed by atoms with E-state index in [1.54, 1.807) is 0 Å². The summed E-state index contributed by atoms with van der Waals surface area (Å²) in [7, 11) is 0. The van der Waals surface area contributed by atoms with Gasteiger partial charge in [0.05, 0.1) is 6.61 Å². The standard InChI is InChI=1S/C15H19NO3/c1-11-13(12-4-2-3-5-14(12)19-11)8-16-9-15(17)6-7-18-10-15/h2-5,16-17H,6-10H2,1H3. The number of fused-ring (bicyclic) bond motifs is 1. The fourth-order valence-electron chi connectivity index (χ4n) is 2.60. The number of aliphatic hydroxyl groups is 1. The van der Waals surface area contributed by atoms with E-state index in [2.05, 4.69) is 11.4 Å². The number of hydrogen-bond acceptors (Lipinski definition) is 4. The van der Waals surface area contributed by atoms with Crippen LogP contribution in [-0.2, 0) is 11.3 Å². The maximum Gasteiger partial charge on any atom is 0.134 e. The van der Waals surface area contributed by atoms with Crippen LogP contribution < -0.4 is 5.32 Å². The maximum atomic E-state index is 10.2. The molecule has 102 valence electrons. The molecule has 1 atom stereocenters. The van der Waals surface area contributed by atoms with Crippen molar-refractivity contribution in [2.24, 2.45) is 0 Å². The van der Waals surface area contributed by atoms with E-state index in [-0.39, 0.29) is 0 Å². The highest BCUT2D eigenvalue weighted by molar-refractivity contribution is 5.82. The Kier molecular flexibility index (Phi) is 3.31. The third-order valence-corrected chi connectivity index (χ3v) is 3.74. The number of benzene rings is 1. The fourth-order valence-corrected chi connectivity index (χ4v) is 2.60. The second-order valence-electron chi connectivity index (χ2n) is 5.26. The molecule has 1 unspecified atom stereocenters. The van der Waals surface area contributed by atoms with Gasteiger partial charge in [-0.2, -0.15) is 0 Å². The Hall–Kier alpha value is -1.36. The molecular formula is C15H19NO3. The normalized spacial score (nSPS) is 23.3. The monoisotopic (exact) mass is 261 g/mol. The van der Waals surface area contributed by atoms with Gasteiger partial charge in [-0.15, -0.1) is 0 Å². The predicted octanol–water partition coefficient (Wildman–Crippen LogP) is 1.98. The molecule has 0 spiro atoms. The number of aryl methyl sites for hydroxylation is 1. The fraction of sp³-hybridized carbons (Fsp3) is 0.467. The van der Waals surface area contributed by atoms with Crippen LogP contribution in [0.5, 0.6) is 0 Å². The van der Waals surface area contributed by atoms with E-state index < -0.39 is 5.60 Å². The van der Waals surface area contributed by atoms with E-state index in [9.17, 15) is 5.11 Å². The highest BCUT2D eigenvalue weighted by atomic mass is 16.5. The summed E-state index contributed by atoms with van der Waals surface area (Å²) in [6.07, 6.45) is 0.700. The van der Waals surface area contributed by atoms with Crippen molar-refractivity contribution in [2.45, 2.75) is 25.5 Å². The molecule has 0 aliphatic carbocycles. The summed E-state index contributed by atoms with van der Waals surface area (Å²) in [5.74, 6) is 0.934. The molecule has 1 aliphatic rings. The third-order valence-electron chi connectivity index (χ3n) is 3.74. The molecule has 4 heteroatoms. The third kappa shape index (κ3) is 2.52. The molecule has 2 aromatic rings. The van der Waals surface area contributed by atoms with E-state index in [1.807, 2.05) is 25.1 Å². The van der Waals surface area contributed by atoms with Crippen molar-refractivity contribution in [3.8, 4) is 0 Å². The Labute approximate surface area is 112 Å². The van der Waals surface area contributed by atoms with Gasteiger partial charge < -0.3 is 19.6 Å². The van der Waals surface area contributed by atoms with Crippen LogP contribution in [0.3, 0.4) is 0 Å². The predicted molar refractivity (Wildman–Crippen MR) is 73.0 cm³/mol. The zero-order chi connectivity index (χ0) is 13.3. The SMILES string of the molecule is Cc1oc2ccccc2c1CNCC1(O)CCOC1. The number of para-hydroxylation sites is 1. The van der Waals surface area contributed by atoms with Crippen LogP contribution in [0.2, 0.25) is 0 Å². The molecule has 1 fully saturated rings. The summed E-state index contributed by atoms with van der Waals surface area (Å²) < 4.78 is 11.0. The molecule has 0 amide bonds. The average Bonchev–Trinajstić information content (AvgIpc) is 2.95. The first-order valence-corrected chi connectivity index (χ1v) is 6.66. The molecule has 3 rings (SSSR count). The largest absolute Gasteiger partial charge is 0.461 e. The number of hydrogen-bond donors (Lipinski definition) is 2. The van der Waals surface area contributed by atoms with Gasteiger partial charge in [0.15, 0.2) is 0 Å². The summed E-state index contributed by atoms with van der Waals surface area (Å²) in [5, 5.41) is 14.6. The smallest absolute Gasteiger partial charge is 0.134 e. The number of rotatable bonds is 4. The number of nitrogens with one attached hydrogen (secondary N) is 1. The van der Waals surface area contributed by atoms with Crippen molar-refractivity contribution >= 4 is 11.0 Å². The van der Waals surface area contributed by atoms with Crippen LogP contribution >= 0.6 is 0 Å². The molecular weight excluding hydrogens is 242 g/mol. The maximum absolute atomic E-state index is 10.2. The summed E-state index contributed by atoms with van der Waals surface area (Å²) >= 11 is 0. The lowest BCUT2D eigenvalue weighted by Gasteiger charge is -2.20. The first kappa shape index (κ1) is 12.7. The summed E-state index contributed by atoms with van der Waals surface area (Å²) in [6, 6.07) is 8.03. The molecule has 2 N–H and O–H groups in total. The Morgan fingerprint density at radius 3 is 3.00 bits per heavy atom. The Bertz CT molecular complexity index is 570. The van der Waals surface area contributed by atoms with Crippen molar-refractivity contribution in [1.29, 1.82) is 0 Å². The molecule has 0 saturated carbocycles. The quantitative estimate of drug-likeness (QED) is 0.883. The molecule has 19 heavy (non-hydrogen) atoms. The minimum Gasteiger partial charge on any atom is -0.461 e. The van der Waals surface area contributed by atoms with E-state index in [0.29, 0.717) is 32.7 Å². The van der Waals surface area contributed by atoms with E-state index >= 15 is 0 Å². The van der Waals surface area contributed by atoms with Gasteiger partial charge in [-0.25, -0.2) is 0 Å². The average molecular weight is 261 g/mol. The van der Waals surface area contributed by atoms with E-state index in [4.69, 9.17) is 9.15 Å². The van der Waals surface area contributed by atoms with Crippen LogP contribution in [0.15, 0.2) is 28.7 Å². The minimum atomic E-state index is -0.715. The highest BCUT2D eigenvalue weighted by Crippen LogP contribution is 2.25. The molecule has 1 aromatic heterocycles. The number of furan rings is 1. The lowest BCUT2D eigenvalue weighted by atomic mass is 10.0. The second kappa shape index (κ2) is 4.96. The molecule has 4 nitrogen and oxygen atoms in total. The van der Waals surface area contributed by atoms with Crippen LogP contribution in [0.1, 0.15) is 17.7 Å². The van der Waals surface area contributed by atoms with Gasteiger partial charge in [-0.1, -0.05) is 18.2 Å². The van der Waals surface area contributed by atoms with E-state index in [0.717, 1.165) is 22.3 Å². The molecule has 0 radical (unpaired) electrons. The van der Waals surface area contributed by atoms with E-state index in [1.165, 1.54) is 0 Å². The molecule has 2 heterocycles. The van der Waals surface area contributed by atoms with Crippen molar-refractivity contribution in [3.63, 3.8) is 0 Å². The van der Waals surface area contributed by atoms with Crippen molar-refractivity contribution in [1.82, 2.24) is 5.32 Å². The highest BCUT2D eigenvalue weighted by Gasteiger charge is 2.31. The lowest BCUT2D eigenvalue weighted by molar-refractivity contribution is 0.0268. The van der Waals surface area contributed by atoms with Crippen LogP contribution in [0.4, 0.5) is 0 Å². The van der Waals surface area contributed by atoms with Crippen molar-refractivity contribution < 1.29 is 14.3 Å². The van der Waals surface area contributed by atoms with Gasteiger partial charge >= 0.3 is 0 Å². The van der Waals surface area contributed by atoms with Crippen LogP contribution in [0.25, 0.3) is 11.0 Å². The topological polar surface area (TPSA) is 54.6 Å². The van der Waals surface area contributed by atoms with Gasteiger partial charge in [0.2, 0.25) is 0 Å². The minimum absolute atomic E-state index is 0.422. The van der Waals surface area contributed by atoms with Crippen LogP contribution in [-0.4, -0.2) is 30.5 Å². The zero-order valence-electron chi connectivity index (χ0n) is 11.1. The summed E-state index contributed by atoms with van der Waals surface area (Å²) in [6.45, 7) is 4.29. The van der Waals surface area contributed by atoms with Gasteiger partial charge in [-0.05, 0) is 13.0 Å². The van der Waals surface area contributed by atoms with Crippen molar-refractivity contribution in [2.75, 3.05) is 19.8 Å². The number of ether oxygens (including phenoxy) is 1. The first-order chi connectivity index (χ1) is 9.18. The van der Waals surface area contributed by atoms with Gasteiger partial charge in [0, 0.05) is 37.1 Å².